The molecule has 0 aliphatic heterocycles. The quantitative estimate of drug-likeness (QED) is 0.865. The van der Waals surface area contributed by atoms with Crippen LogP contribution in [0.2, 0.25) is 0 Å². The van der Waals surface area contributed by atoms with Crippen molar-refractivity contribution < 1.29 is 27.9 Å². The van der Waals surface area contributed by atoms with Crippen LogP contribution >= 0.6 is 0 Å². The van der Waals surface area contributed by atoms with Gasteiger partial charge in [-0.2, -0.15) is 13.2 Å². The fourth-order valence-corrected chi connectivity index (χ4v) is 1.32. The third kappa shape index (κ3) is 4.44. The van der Waals surface area contributed by atoms with Gasteiger partial charge in [-0.15, -0.1) is 0 Å². The van der Waals surface area contributed by atoms with Crippen LogP contribution in [0, 0.1) is 0 Å². The molecule has 2 N–H and O–H groups in total. The van der Waals surface area contributed by atoms with Gasteiger partial charge >= 0.3 is 12.1 Å². The summed E-state index contributed by atoms with van der Waals surface area (Å²) in [4.78, 5) is 22.0. The van der Waals surface area contributed by atoms with E-state index in [4.69, 9.17) is 5.11 Å². The van der Waals surface area contributed by atoms with E-state index in [1.165, 1.54) is 24.3 Å². The van der Waals surface area contributed by atoms with Crippen LogP contribution in [0.3, 0.4) is 0 Å². The summed E-state index contributed by atoms with van der Waals surface area (Å²) in [7, 11) is 0. The minimum Gasteiger partial charge on any atom is -0.478 e. The van der Waals surface area contributed by atoms with E-state index in [2.05, 4.69) is 0 Å². The van der Waals surface area contributed by atoms with Crippen LogP contribution in [0.1, 0.15) is 15.9 Å². The maximum absolute atomic E-state index is 11.9. The molecule has 0 unspecified atom stereocenters. The van der Waals surface area contributed by atoms with Gasteiger partial charge in [0.1, 0.15) is 6.54 Å². The summed E-state index contributed by atoms with van der Waals surface area (Å²) in [5, 5.41) is 10.5. The summed E-state index contributed by atoms with van der Waals surface area (Å²) >= 11 is 0. The molecule has 1 amide bonds. The number of carboxylic acids is 1. The molecule has 0 heterocycles. The Hall–Kier alpha value is -2.05. The third-order valence-corrected chi connectivity index (χ3v) is 2.08. The molecule has 0 aliphatic carbocycles. The second-order valence-corrected chi connectivity index (χ2v) is 3.53. The van der Waals surface area contributed by atoms with Crippen molar-refractivity contribution in [3.05, 3.63) is 35.4 Å². The van der Waals surface area contributed by atoms with E-state index < -0.39 is 31.0 Å². The molecule has 1 rings (SSSR count). The molecule has 0 bridgehead atoms. The summed E-state index contributed by atoms with van der Waals surface area (Å²) < 4.78 is 35.6. The average molecular weight is 261 g/mol. The number of hydrogen-bond donors (Lipinski definition) is 2. The largest absolute Gasteiger partial charge is 0.478 e. The Morgan fingerprint density at radius 3 is 2.39 bits per heavy atom. The summed E-state index contributed by atoms with van der Waals surface area (Å²) in [5.74, 6) is -2.10. The predicted octanol–water partition coefficient (Wildman–Crippen LogP) is 1.61. The Bertz CT molecular complexity index is 457. The highest BCUT2D eigenvalue weighted by Gasteiger charge is 2.27. The zero-order chi connectivity index (χ0) is 13.8. The van der Waals surface area contributed by atoms with Gasteiger partial charge in [-0.1, -0.05) is 18.2 Å². The number of carboxylic acid groups (broad SMARTS) is 1. The molecule has 0 saturated heterocycles. The van der Waals surface area contributed by atoms with Gasteiger partial charge in [0, 0.05) is 0 Å². The van der Waals surface area contributed by atoms with Crippen molar-refractivity contribution in [1.29, 1.82) is 0 Å². The predicted molar refractivity (Wildman–Crippen MR) is 56.2 cm³/mol. The molecule has 0 atom stereocenters. The van der Waals surface area contributed by atoms with E-state index in [-0.39, 0.29) is 11.1 Å². The fourth-order valence-electron chi connectivity index (χ4n) is 1.32. The first kappa shape index (κ1) is 14.0. The van der Waals surface area contributed by atoms with Gasteiger partial charge in [-0.25, -0.2) is 4.79 Å². The smallest absolute Gasteiger partial charge is 0.405 e. The first-order chi connectivity index (χ1) is 8.29. The second-order valence-electron chi connectivity index (χ2n) is 3.53. The number of carbonyl (C=O) groups excluding carboxylic acids is 1. The number of nitrogens with one attached hydrogen (secondary N) is 1. The number of aromatic carboxylic acids is 1. The van der Waals surface area contributed by atoms with Crippen LogP contribution in [0.25, 0.3) is 0 Å². The maximum Gasteiger partial charge on any atom is 0.405 e. The molecule has 0 aromatic heterocycles. The van der Waals surface area contributed by atoms with Crippen LogP contribution in [-0.2, 0) is 11.2 Å². The van der Waals surface area contributed by atoms with Crippen molar-refractivity contribution in [2.45, 2.75) is 12.6 Å². The van der Waals surface area contributed by atoms with Gasteiger partial charge < -0.3 is 10.4 Å². The van der Waals surface area contributed by atoms with E-state index in [1.54, 1.807) is 5.32 Å². The number of benzene rings is 1. The van der Waals surface area contributed by atoms with Crippen molar-refractivity contribution in [3.8, 4) is 0 Å². The molecular formula is C11H10F3NO3. The zero-order valence-electron chi connectivity index (χ0n) is 9.12. The van der Waals surface area contributed by atoms with Crippen molar-refractivity contribution in [3.63, 3.8) is 0 Å². The number of halogens is 3. The first-order valence-corrected chi connectivity index (χ1v) is 4.94. The molecule has 98 valence electrons. The highest BCUT2D eigenvalue weighted by molar-refractivity contribution is 5.91. The summed E-state index contributed by atoms with van der Waals surface area (Å²) in [5.41, 5.74) is 0.0735. The molecular weight excluding hydrogens is 251 g/mol. The minimum absolute atomic E-state index is 0.0975. The van der Waals surface area contributed by atoms with Crippen molar-refractivity contribution in [1.82, 2.24) is 5.32 Å². The average Bonchev–Trinajstić information content (AvgIpc) is 2.26. The lowest BCUT2D eigenvalue weighted by Crippen LogP contribution is -2.34. The van der Waals surface area contributed by atoms with E-state index in [0.29, 0.717) is 0 Å². The van der Waals surface area contributed by atoms with Crippen molar-refractivity contribution >= 4 is 11.9 Å². The molecule has 0 fully saturated rings. The summed E-state index contributed by atoms with van der Waals surface area (Å²) in [6.45, 7) is -1.43. The van der Waals surface area contributed by atoms with E-state index in [9.17, 15) is 22.8 Å². The van der Waals surface area contributed by atoms with Crippen LogP contribution in [-0.4, -0.2) is 29.7 Å². The number of carbonyl (C=O) groups is 2. The zero-order valence-corrected chi connectivity index (χ0v) is 9.12. The van der Waals surface area contributed by atoms with Gasteiger partial charge in [0.25, 0.3) is 0 Å². The number of alkyl halides is 3. The van der Waals surface area contributed by atoms with Gasteiger partial charge in [0.15, 0.2) is 0 Å². The van der Waals surface area contributed by atoms with Gasteiger partial charge in [-0.05, 0) is 11.6 Å². The van der Waals surface area contributed by atoms with Crippen LogP contribution < -0.4 is 5.32 Å². The topological polar surface area (TPSA) is 66.4 Å². The monoisotopic (exact) mass is 261 g/mol. The lowest BCUT2D eigenvalue weighted by Gasteiger charge is -2.09. The molecule has 7 heteroatoms. The van der Waals surface area contributed by atoms with Crippen LogP contribution in [0.5, 0.6) is 0 Å². The third-order valence-electron chi connectivity index (χ3n) is 2.08. The van der Waals surface area contributed by atoms with Crippen molar-refractivity contribution in [2.75, 3.05) is 6.54 Å². The van der Waals surface area contributed by atoms with Gasteiger partial charge in [-0.3, -0.25) is 4.79 Å². The van der Waals surface area contributed by atoms with Crippen LogP contribution in [0.4, 0.5) is 13.2 Å². The second kappa shape index (κ2) is 5.52. The standard InChI is InChI=1S/C11H10F3NO3/c12-11(13,14)6-15-9(16)5-7-3-1-2-4-8(7)10(17)18/h1-4H,5-6H2,(H,15,16)(H,17,18). The van der Waals surface area contributed by atoms with Gasteiger partial charge in [0.05, 0.1) is 12.0 Å². The highest BCUT2D eigenvalue weighted by Crippen LogP contribution is 2.13. The minimum atomic E-state index is -4.48. The fraction of sp³-hybridized carbons (Fsp3) is 0.273. The first-order valence-electron chi connectivity index (χ1n) is 4.94. The van der Waals surface area contributed by atoms with E-state index >= 15 is 0 Å². The summed E-state index contributed by atoms with van der Waals surface area (Å²) in [6, 6.07) is 5.66. The Labute approximate surface area is 100 Å². The Morgan fingerprint density at radius 2 is 1.83 bits per heavy atom. The molecule has 4 nitrogen and oxygen atoms in total. The Balaban J connectivity index is 2.68. The van der Waals surface area contributed by atoms with Crippen molar-refractivity contribution in [2.24, 2.45) is 0 Å². The molecule has 18 heavy (non-hydrogen) atoms. The highest BCUT2D eigenvalue weighted by atomic mass is 19.4. The molecule has 0 aliphatic rings. The molecule has 1 aromatic rings. The van der Waals surface area contributed by atoms with Gasteiger partial charge in [0.2, 0.25) is 5.91 Å². The molecule has 1 aromatic carbocycles. The summed E-state index contributed by atoms with van der Waals surface area (Å²) in [6.07, 6.45) is -4.89. The Kier molecular flexibility index (Phi) is 4.30. The number of hydrogen-bond acceptors (Lipinski definition) is 2. The molecule has 0 radical (unpaired) electrons. The maximum atomic E-state index is 11.9. The van der Waals surface area contributed by atoms with E-state index in [1.807, 2.05) is 0 Å². The normalized spacial score (nSPS) is 11.1. The molecule has 0 spiro atoms. The van der Waals surface area contributed by atoms with E-state index in [0.717, 1.165) is 0 Å². The Morgan fingerprint density at radius 1 is 1.22 bits per heavy atom. The SMILES string of the molecule is O=C(Cc1ccccc1C(=O)O)NCC(F)(F)F. The lowest BCUT2D eigenvalue weighted by atomic mass is 10.0. The number of rotatable bonds is 4. The lowest BCUT2D eigenvalue weighted by molar-refractivity contribution is -0.138. The number of amides is 1. The molecule has 0 saturated carbocycles. The van der Waals surface area contributed by atoms with Crippen LogP contribution in [0.15, 0.2) is 24.3 Å².